The van der Waals surface area contributed by atoms with Crippen LogP contribution in [0.1, 0.15) is 26.0 Å². The highest BCUT2D eigenvalue weighted by molar-refractivity contribution is 7.13. The number of hydrogen-bond donors (Lipinski definition) is 1. The van der Waals surface area contributed by atoms with Crippen molar-refractivity contribution in [1.82, 2.24) is 20.2 Å². The lowest BCUT2D eigenvalue weighted by Gasteiger charge is -2.17. The summed E-state index contributed by atoms with van der Waals surface area (Å²) >= 11 is 1.52. The highest BCUT2D eigenvalue weighted by Crippen LogP contribution is 2.21. The number of nitrogens with one attached hydrogen (secondary N) is 1. The average Bonchev–Trinajstić information content (AvgIpc) is 3.04. The van der Waals surface area contributed by atoms with Gasteiger partial charge in [-0.2, -0.15) is 0 Å². The van der Waals surface area contributed by atoms with Crippen LogP contribution in [0, 0.1) is 0 Å². The molecular weight excluding hydrogens is 308 g/mol. The van der Waals surface area contributed by atoms with Crippen LogP contribution in [0.4, 0.5) is 0 Å². The minimum Gasteiger partial charge on any atom is -0.356 e. The molecule has 0 fully saturated rings. The third kappa shape index (κ3) is 5.73. The Kier molecular flexibility index (Phi) is 7.16. The van der Waals surface area contributed by atoms with E-state index in [0.717, 1.165) is 42.5 Å². The molecule has 0 saturated heterocycles. The van der Waals surface area contributed by atoms with E-state index in [-0.39, 0.29) is 5.91 Å². The number of amides is 1. The first-order valence-electron chi connectivity index (χ1n) is 8.07. The summed E-state index contributed by atoms with van der Waals surface area (Å²) in [6.45, 7) is 8.16. The molecule has 0 aromatic carbocycles. The largest absolute Gasteiger partial charge is 0.356 e. The van der Waals surface area contributed by atoms with Crippen molar-refractivity contribution in [3.05, 3.63) is 35.5 Å². The van der Waals surface area contributed by atoms with E-state index in [1.165, 1.54) is 11.3 Å². The Balaban J connectivity index is 1.75. The third-order valence-corrected chi connectivity index (χ3v) is 4.56. The number of aromatic nitrogens is 2. The van der Waals surface area contributed by atoms with Gasteiger partial charge in [-0.3, -0.25) is 9.78 Å². The predicted molar refractivity (Wildman–Crippen MR) is 94.5 cm³/mol. The molecule has 0 radical (unpaired) electrons. The molecule has 0 unspecified atom stereocenters. The molecule has 0 bridgehead atoms. The van der Waals surface area contributed by atoms with E-state index in [4.69, 9.17) is 0 Å². The van der Waals surface area contributed by atoms with Crippen LogP contribution >= 0.6 is 11.3 Å². The second kappa shape index (κ2) is 9.37. The molecule has 2 rings (SSSR count). The van der Waals surface area contributed by atoms with Crippen molar-refractivity contribution in [2.24, 2.45) is 0 Å². The fourth-order valence-corrected chi connectivity index (χ4v) is 3.09. The summed E-state index contributed by atoms with van der Waals surface area (Å²) in [6.07, 6.45) is 3.05. The number of hydrogen-bond acceptors (Lipinski definition) is 5. The van der Waals surface area contributed by atoms with E-state index in [2.05, 4.69) is 34.0 Å². The molecule has 2 aromatic rings. The summed E-state index contributed by atoms with van der Waals surface area (Å²) in [7, 11) is 0. The lowest BCUT2D eigenvalue weighted by molar-refractivity contribution is -0.120. The topological polar surface area (TPSA) is 58.1 Å². The molecule has 2 heterocycles. The molecular formula is C17H24N4OS. The van der Waals surface area contributed by atoms with Gasteiger partial charge in [-0.25, -0.2) is 4.98 Å². The number of nitrogens with zero attached hydrogens (tertiary/aromatic N) is 3. The van der Waals surface area contributed by atoms with Crippen LogP contribution in [0.25, 0.3) is 10.7 Å². The van der Waals surface area contributed by atoms with Gasteiger partial charge in [-0.15, -0.1) is 11.3 Å². The summed E-state index contributed by atoms with van der Waals surface area (Å²) in [5.74, 6) is 0.0300. The fraction of sp³-hybridized carbons (Fsp3) is 0.471. The smallest absolute Gasteiger partial charge is 0.226 e. The van der Waals surface area contributed by atoms with Gasteiger partial charge in [-0.1, -0.05) is 19.9 Å². The van der Waals surface area contributed by atoms with Crippen molar-refractivity contribution in [2.45, 2.75) is 26.7 Å². The van der Waals surface area contributed by atoms with E-state index >= 15 is 0 Å². The molecule has 0 spiro atoms. The Morgan fingerprint density at radius 3 is 2.83 bits per heavy atom. The molecule has 1 amide bonds. The molecule has 0 aliphatic heterocycles. The molecule has 0 saturated carbocycles. The minimum absolute atomic E-state index is 0.0300. The maximum Gasteiger partial charge on any atom is 0.226 e. The van der Waals surface area contributed by atoms with Gasteiger partial charge in [0.05, 0.1) is 17.8 Å². The maximum atomic E-state index is 12.0. The van der Waals surface area contributed by atoms with Crippen molar-refractivity contribution in [3.63, 3.8) is 0 Å². The second-order valence-electron chi connectivity index (χ2n) is 5.27. The van der Waals surface area contributed by atoms with Crippen molar-refractivity contribution in [3.8, 4) is 10.7 Å². The van der Waals surface area contributed by atoms with E-state index in [9.17, 15) is 4.79 Å². The number of rotatable bonds is 9. The molecule has 5 nitrogen and oxygen atoms in total. The first-order chi connectivity index (χ1) is 11.2. The van der Waals surface area contributed by atoms with Crippen LogP contribution in [-0.2, 0) is 11.2 Å². The van der Waals surface area contributed by atoms with Crippen LogP contribution in [0.2, 0.25) is 0 Å². The summed E-state index contributed by atoms with van der Waals surface area (Å²) in [4.78, 5) is 23.1. The lowest BCUT2D eigenvalue weighted by atomic mass is 10.3. The molecule has 0 aliphatic carbocycles. The van der Waals surface area contributed by atoms with Gasteiger partial charge in [0.1, 0.15) is 5.01 Å². The van der Waals surface area contributed by atoms with E-state index in [1.807, 2.05) is 23.6 Å². The van der Waals surface area contributed by atoms with Gasteiger partial charge < -0.3 is 10.2 Å². The zero-order valence-electron chi connectivity index (χ0n) is 13.8. The third-order valence-electron chi connectivity index (χ3n) is 3.65. The van der Waals surface area contributed by atoms with Gasteiger partial charge in [0.15, 0.2) is 0 Å². The highest BCUT2D eigenvalue weighted by atomic mass is 32.1. The first kappa shape index (κ1) is 17.6. The molecule has 1 N–H and O–H groups in total. The SMILES string of the molecule is CCN(CC)CCCNC(=O)Cc1csc(-c2ccccn2)n1. The van der Waals surface area contributed by atoms with E-state index in [1.54, 1.807) is 6.20 Å². The highest BCUT2D eigenvalue weighted by Gasteiger charge is 2.09. The Morgan fingerprint density at radius 2 is 2.13 bits per heavy atom. The van der Waals surface area contributed by atoms with Gasteiger partial charge >= 0.3 is 0 Å². The lowest BCUT2D eigenvalue weighted by Crippen LogP contribution is -2.30. The Morgan fingerprint density at radius 1 is 1.30 bits per heavy atom. The zero-order chi connectivity index (χ0) is 16.5. The summed E-state index contributed by atoms with van der Waals surface area (Å²) in [5.41, 5.74) is 1.65. The summed E-state index contributed by atoms with van der Waals surface area (Å²) in [6, 6.07) is 5.74. The molecule has 124 valence electrons. The molecule has 0 aliphatic rings. The first-order valence-corrected chi connectivity index (χ1v) is 8.95. The van der Waals surface area contributed by atoms with Gasteiger partial charge in [0.25, 0.3) is 0 Å². The summed E-state index contributed by atoms with van der Waals surface area (Å²) < 4.78 is 0. The van der Waals surface area contributed by atoms with Gasteiger partial charge in [0.2, 0.25) is 5.91 Å². The van der Waals surface area contributed by atoms with Crippen LogP contribution < -0.4 is 5.32 Å². The molecule has 6 heteroatoms. The number of thiazole rings is 1. The zero-order valence-corrected chi connectivity index (χ0v) is 14.6. The number of carbonyl (C=O) groups excluding carboxylic acids is 1. The normalized spacial score (nSPS) is 10.9. The Labute approximate surface area is 141 Å². The fourth-order valence-electron chi connectivity index (χ4n) is 2.29. The predicted octanol–water partition coefficient (Wildman–Crippen LogP) is 2.60. The van der Waals surface area contributed by atoms with Crippen molar-refractivity contribution < 1.29 is 4.79 Å². The summed E-state index contributed by atoms with van der Waals surface area (Å²) in [5, 5.41) is 5.75. The van der Waals surface area contributed by atoms with E-state index < -0.39 is 0 Å². The van der Waals surface area contributed by atoms with Crippen LogP contribution in [-0.4, -0.2) is 47.0 Å². The van der Waals surface area contributed by atoms with Crippen molar-refractivity contribution in [1.29, 1.82) is 0 Å². The minimum atomic E-state index is 0.0300. The van der Waals surface area contributed by atoms with Crippen molar-refractivity contribution >= 4 is 17.2 Å². The molecule has 2 aromatic heterocycles. The Hall–Kier alpha value is -1.79. The molecule has 0 atom stereocenters. The van der Waals surface area contributed by atoms with E-state index in [0.29, 0.717) is 13.0 Å². The van der Waals surface area contributed by atoms with Crippen LogP contribution in [0.5, 0.6) is 0 Å². The monoisotopic (exact) mass is 332 g/mol. The van der Waals surface area contributed by atoms with Gasteiger partial charge in [-0.05, 0) is 38.2 Å². The Bertz CT molecular complexity index is 596. The number of carbonyl (C=O) groups is 1. The van der Waals surface area contributed by atoms with Crippen LogP contribution in [0.15, 0.2) is 29.8 Å². The average molecular weight is 332 g/mol. The second-order valence-corrected chi connectivity index (χ2v) is 6.12. The van der Waals surface area contributed by atoms with Crippen LogP contribution in [0.3, 0.4) is 0 Å². The maximum absolute atomic E-state index is 12.0. The quantitative estimate of drug-likeness (QED) is 0.717. The van der Waals surface area contributed by atoms with Crippen molar-refractivity contribution in [2.75, 3.05) is 26.2 Å². The number of pyridine rings is 1. The standard InChI is InChI=1S/C17H24N4OS/c1-3-21(4-2)11-7-10-19-16(22)12-14-13-23-17(20-14)15-8-5-6-9-18-15/h5-6,8-9,13H,3-4,7,10-12H2,1-2H3,(H,19,22). The molecule has 23 heavy (non-hydrogen) atoms. The van der Waals surface area contributed by atoms with Gasteiger partial charge in [0, 0.05) is 18.1 Å².